The third kappa shape index (κ3) is 6.50. The van der Waals surface area contributed by atoms with Crippen LogP contribution in [0.25, 0.3) is 0 Å². The molecule has 0 saturated heterocycles. The van der Waals surface area contributed by atoms with Crippen molar-refractivity contribution < 1.29 is 14.2 Å². The summed E-state index contributed by atoms with van der Waals surface area (Å²) in [5.74, 6) is 1.77. The lowest BCUT2D eigenvalue weighted by Crippen LogP contribution is -2.06. The van der Waals surface area contributed by atoms with Crippen LogP contribution in [0.2, 0.25) is 0 Å². The Morgan fingerprint density at radius 1 is 0.833 bits per heavy atom. The zero-order valence-electron chi connectivity index (χ0n) is 14.6. The van der Waals surface area contributed by atoms with Crippen LogP contribution in [0.5, 0.6) is 11.5 Å². The second-order valence-electron chi connectivity index (χ2n) is 5.42. The van der Waals surface area contributed by atoms with Crippen molar-refractivity contribution in [2.24, 2.45) is 0 Å². The molecule has 0 aliphatic heterocycles. The van der Waals surface area contributed by atoms with Crippen LogP contribution in [0.4, 0.5) is 5.69 Å². The number of nitrogens with one attached hydrogen (secondary N) is 1. The van der Waals surface area contributed by atoms with Gasteiger partial charge in [-0.05, 0) is 43.2 Å². The summed E-state index contributed by atoms with van der Waals surface area (Å²) in [6, 6.07) is 16.2. The van der Waals surface area contributed by atoms with Gasteiger partial charge in [-0.3, -0.25) is 0 Å². The van der Waals surface area contributed by atoms with Gasteiger partial charge in [0.2, 0.25) is 0 Å². The first-order chi connectivity index (χ1) is 11.8. The van der Waals surface area contributed by atoms with E-state index in [0.717, 1.165) is 36.8 Å². The molecule has 2 rings (SSSR count). The Balaban J connectivity index is 1.85. The van der Waals surface area contributed by atoms with E-state index in [-0.39, 0.29) is 0 Å². The molecule has 4 heteroatoms. The van der Waals surface area contributed by atoms with Crippen molar-refractivity contribution in [3.8, 4) is 11.5 Å². The van der Waals surface area contributed by atoms with Gasteiger partial charge in [0.05, 0.1) is 13.2 Å². The number of hydrogen-bond donors (Lipinski definition) is 1. The van der Waals surface area contributed by atoms with E-state index in [2.05, 4.69) is 24.4 Å². The van der Waals surface area contributed by atoms with Gasteiger partial charge in [0.25, 0.3) is 0 Å². The minimum absolute atomic E-state index is 0.564. The van der Waals surface area contributed by atoms with Crippen molar-refractivity contribution in [1.29, 1.82) is 0 Å². The zero-order valence-corrected chi connectivity index (χ0v) is 14.6. The van der Waals surface area contributed by atoms with Crippen molar-refractivity contribution in [3.05, 3.63) is 54.1 Å². The third-order valence-corrected chi connectivity index (χ3v) is 3.40. The fraction of sp³-hybridized carbons (Fsp3) is 0.400. The standard InChI is InChI=1S/C20H27NO3/c1-3-11-23-19-9-5-7-17(14-19)16-21-18-8-6-10-20(15-18)24-13-12-22-4-2/h5-10,14-15,21H,3-4,11-13,16H2,1-2H3. The van der Waals surface area contributed by atoms with Crippen LogP contribution in [-0.2, 0) is 11.3 Å². The summed E-state index contributed by atoms with van der Waals surface area (Å²) in [5, 5.41) is 3.42. The van der Waals surface area contributed by atoms with Crippen LogP contribution < -0.4 is 14.8 Å². The summed E-state index contributed by atoms with van der Waals surface area (Å²) in [5.41, 5.74) is 2.22. The Labute approximate surface area is 144 Å². The van der Waals surface area contributed by atoms with Crippen LogP contribution >= 0.6 is 0 Å². The first-order valence-electron chi connectivity index (χ1n) is 8.58. The molecular formula is C20H27NO3. The number of ether oxygens (including phenoxy) is 3. The summed E-state index contributed by atoms with van der Waals surface area (Å²) in [6.07, 6.45) is 1.01. The molecule has 4 nitrogen and oxygen atoms in total. The molecule has 0 unspecified atom stereocenters. The Morgan fingerprint density at radius 2 is 1.58 bits per heavy atom. The van der Waals surface area contributed by atoms with Crippen molar-refractivity contribution in [2.45, 2.75) is 26.8 Å². The molecule has 2 aromatic carbocycles. The highest BCUT2D eigenvalue weighted by Gasteiger charge is 2.00. The minimum atomic E-state index is 0.564. The summed E-state index contributed by atoms with van der Waals surface area (Å²) in [7, 11) is 0. The van der Waals surface area contributed by atoms with E-state index in [9.17, 15) is 0 Å². The third-order valence-electron chi connectivity index (χ3n) is 3.40. The van der Waals surface area contributed by atoms with Gasteiger partial charge in [-0.2, -0.15) is 0 Å². The second-order valence-corrected chi connectivity index (χ2v) is 5.42. The minimum Gasteiger partial charge on any atom is -0.494 e. The predicted molar refractivity (Wildman–Crippen MR) is 98.0 cm³/mol. The van der Waals surface area contributed by atoms with E-state index in [1.165, 1.54) is 5.56 Å². The van der Waals surface area contributed by atoms with Gasteiger partial charge in [-0.25, -0.2) is 0 Å². The monoisotopic (exact) mass is 329 g/mol. The predicted octanol–water partition coefficient (Wildman–Crippen LogP) is 4.50. The first-order valence-corrected chi connectivity index (χ1v) is 8.58. The maximum absolute atomic E-state index is 5.68. The molecule has 0 bridgehead atoms. The fourth-order valence-electron chi connectivity index (χ4n) is 2.23. The molecule has 0 saturated carbocycles. The lowest BCUT2D eigenvalue weighted by molar-refractivity contribution is 0.110. The largest absolute Gasteiger partial charge is 0.494 e. The van der Waals surface area contributed by atoms with Crippen LogP contribution in [0.15, 0.2) is 48.5 Å². The van der Waals surface area contributed by atoms with Gasteiger partial charge in [0, 0.05) is 24.9 Å². The molecule has 2 aromatic rings. The van der Waals surface area contributed by atoms with Crippen LogP contribution in [-0.4, -0.2) is 26.4 Å². The van der Waals surface area contributed by atoms with Crippen molar-refractivity contribution in [2.75, 3.05) is 31.7 Å². The molecule has 1 N–H and O–H groups in total. The molecule has 0 aromatic heterocycles. The van der Waals surface area contributed by atoms with E-state index < -0.39 is 0 Å². The van der Waals surface area contributed by atoms with Gasteiger partial charge >= 0.3 is 0 Å². The molecule has 24 heavy (non-hydrogen) atoms. The summed E-state index contributed by atoms with van der Waals surface area (Å²) in [4.78, 5) is 0. The highest BCUT2D eigenvalue weighted by molar-refractivity contribution is 5.48. The van der Waals surface area contributed by atoms with Crippen LogP contribution in [0, 0.1) is 0 Å². The van der Waals surface area contributed by atoms with E-state index in [1.807, 2.05) is 43.3 Å². The Kier molecular flexibility index (Phi) is 7.98. The van der Waals surface area contributed by atoms with Crippen molar-refractivity contribution in [1.82, 2.24) is 0 Å². The van der Waals surface area contributed by atoms with Crippen molar-refractivity contribution in [3.63, 3.8) is 0 Å². The molecule has 0 aliphatic carbocycles. The summed E-state index contributed by atoms with van der Waals surface area (Å²) < 4.78 is 16.6. The van der Waals surface area contributed by atoms with E-state index in [4.69, 9.17) is 14.2 Å². The average Bonchev–Trinajstić information content (AvgIpc) is 2.63. The maximum Gasteiger partial charge on any atom is 0.121 e. The molecule has 0 atom stereocenters. The SMILES string of the molecule is CCCOc1cccc(CNc2cccc(OCCOCC)c2)c1. The lowest BCUT2D eigenvalue weighted by atomic mass is 10.2. The maximum atomic E-state index is 5.68. The molecule has 0 aliphatic rings. The molecule has 0 fully saturated rings. The van der Waals surface area contributed by atoms with Gasteiger partial charge in [-0.1, -0.05) is 25.1 Å². The summed E-state index contributed by atoms with van der Waals surface area (Å²) >= 11 is 0. The number of anilines is 1. The molecule has 0 radical (unpaired) electrons. The Hall–Kier alpha value is -2.20. The van der Waals surface area contributed by atoms with E-state index >= 15 is 0 Å². The topological polar surface area (TPSA) is 39.7 Å². The second kappa shape index (κ2) is 10.6. The molecule has 0 heterocycles. The van der Waals surface area contributed by atoms with E-state index in [0.29, 0.717) is 19.8 Å². The highest BCUT2D eigenvalue weighted by Crippen LogP contribution is 2.19. The zero-order chi connectivity index (χ0) is 17.0. The van der Waals surface area contributed by atoms with Crippen LogP contribution in [0.1, 0.15) is 25.8 Å². The first kappa shape index (κ1) is 18.1. The average molecular weight is 329 g/mol. The molecule has 130 valence electrons. The summed E-state index contributed by atoms with van der Waals surface area (Å²) in [6.45, 7) is 7.46. The van der Waals surface area contributed by atoms with Gasteiger partial charge < -0.3 is 19.5 Å². The normalized spacial score (nSPS) is 10.4. The lowest BCUT2D eigenvalue weighted by Gasteiger charge is -2.11. The Morgan fingerprint density at radius 3 is 2.38 bits per heavy atom. The van der Waals surface area contributed by atoms with Gasteiger partial charge in [-0.15, -0.1) is 0 Å². The fourth-order valence-corrected chi connectivity index (χ4v) is 2.23. The number of benzene rings is 2. The molecule has 0 spiro atoms. The molecular weight excluding hydrogens is 302 g/mol. The van der Waals surface area contributed by atoms with Gasteiger partial charge in [0.15, 0.2) is 0 Å². The van der Waals surface area contributed by atoms with Crippen LogP contribution in [0.3, 0.4) is 0 Å². The number of hydrogen-bond acceptors (Lipinski definition) is 4. The molecule has 0 amide bonds. The van der Waals surface area contributed by atoms with Crippen molar-refractivity contribution >= 4 is 5.69 Å². The quantitative estimate of drug-likeness (QED) is 0.616. The van der Waals surface area contributed by atoms with E-state index in [1.54, 1.807) is 0 Å². The highest BCUT2D eigenvalue weighted by atomic mass is 16.5. The Bertz CT molecular complexity index is 601. The van der Waals surface area contributed by atoms with Gasteiger partial charge in [0.1, 0.15) is 18.1 Å². The smallest absolute Gasteiger partial charge is 0.121 e. The number of rotatable bonds is 11.